The van der Waals surface area contributed by atoms with E-state index in [2.05, 4.69) is 95.3 Å². The molecule has 0 aliphatic heterocycles. The van der Waals surface area contributed by atoms with Gasteiger partial charge in [0.2, 0.25) is 0 Å². The molecule has 0 amide bonds. The summed E-state index contributed by atoms with van der Waals surface area (Å²) in [4.78, 5) is 5.21. The van der Waals surface area contributed by atoms with Crippen LogP contribution in [0.15, 0.2) is 134 Å². The average Bonchev–Trinajstić information content (AvgIpc) is 3.44. The minimum Gasteiger partial charge on any atom is -0.383 e. The van der Waals surface area contributed by atoms with Crippen LogP contribution in [0.1, 0.15) is 0 Å². The van der Waals surface area contributed by atoms with Gasteiger partial charge in [-0.25, -0.2) is 4.57 Å². The zero-order valence-electron chi connectivity index (χ0n) is 27.0. The van der Waals surface area contributed by atoms with Crippen LogP contribution in [0.5, 0.6) is 0 Å². The van der Waals surface area contributed by atoms with Gasteiger partial charge >= 0.3 is 5.13 Å². The molecule has 12 heteroatoms. The van der Waals surface area contributed by atoms with Crippen LogP contribution in [0.3, 0.4) is 0 Å². The van der Waals surface area contributed by atoms with Gasteiger partial charge in [0.15, 0.2) is 0 Å². The van der Waals surface area contributed by atoms with Crippen molar-refractivity contribution >= 4 is 88.5 Å². The van der Waals surface area contributed by atoms with Crippen LogP contribution in [-0.2, 0) is 6.54 Å². The van der Waals surface area contributed by atoms with Gasteiger partial charge in [0, 0.05) is 68.2 Å². The highest BCUT2D eigenvalue weighted by Gasteiger charge is 2.19. The third-order valence-corrected chi connectivity index (χ3v) is 11.3. The number of fused-ring (bicyclic) bond motifs is 1. The highest BCUT2D eigenvalue weighted by molar-refractivity contribution is 8.76. The highest BCUT2D eigenvalue weighted by atomic mass is 33.1. The monoisotopic (exact) mass is 699 g/mol. The second kappa shape index (κ2) is 17.4. The number of hydrogen-bond donors (Lipinski definition) is 1. The van der Waals surface area contributed by atoms with Crippen LogP contribution < -0.4 is 19.7 Å². The second-order valence-electron chi connectivity index (χ2n) is 10.8. The lowest BCUT2D eigenvalue weighted by Gasteiger charge is -2.11. The first-order valence-electron chi connectivity index (χ1n) is 15.1. The number of thioether (sulfide) groups is 1. The smallest absolute Gasteiger partial charge is 0.383 e. The molecule has 5 rings (SSSR count). The highest BCUT2D eigenvalue weighted by Crippen LogP contribution is 2.34. The Morgan fingerprint density at radius 1 is 0.745 bits per heavy atom. The zero-order chi connectivity index (χ0) is 33.0. The SMILES string of the molecule is C=C(N=Nc1ccc(N(C)C)cc1)Sc1ccccc1NCCSSCC[n+]1c(N=Nc2ccc(N(C)C)cc2)sc2ccccc21. The van der Waals surface area contributed by atoms with Crippen molar-refractivity contribution in [3.05, 3.63) is 109 Å². The zero-order valence-corrected chi connectivity index (χ0v) is 30.3. The molecule has 0 atom stereocenters. The summed E-state index contributed by atoms with van der Waals surface area (Å²) >= 11 is 3.19. The number of rotatable bonds is 16. The number of benzene rings is 4. The Balaban J connectivity index is 1.09. The van der Waals surface area contributed by atoms with E-state index in [-0.39, 0.29) is 0 Å². The maximum atomic E-state index is 4.66. The number of anilines is 3. The van der Waals surface area contributed by atoms with Crippen molar-refractivity contribution in [1.82, 2.24) is 0 Å². The molecule has 4 aromatic carbocycles. The van der Waals surface area contributed by atoms with E-state index in [0.717, 1.165) is 63.1 Å². The number of hydrogen-bond acceptors (Lipinski definition) is 11. The summed E-state index contributed by atoms with van der Waals surface area (Å²) in [5.41, 5.74) is 6.17. The Labute approximate surface area is 293 Å². The molecule has 8 nitrogen and oxygen atoms in total. The molecule has 5 aromatic rings. The summed E-state index contributed by atoms with van der Waals surface area (Å²) in [6.45, 7) is 5.82. The molecule has 1 heterocycles. The van der Waals surface area contributed by atoms with Crippen LogP contribution >= 0.6 is 44.7 Å². The van der Waals surface area contributed by atoms with Gasteiger partial charge in [-0.05, 0) is 89.2 Å². The normalized spacial score (nSPS) is 11.5. The van der Waals surface area contributed by atoms with Crippen molar-refractivity contribution in [2.45, 2.75) is 11.4 Å². The molecule has 0 unspecified atom stereocenters. The number of nitrogens with one attached hydrogen (secondary N) is 1. The van der Waals surface area contributed by atoms with E-state index in [9.17, 15) is 0 Å². The third-order valence-electron chi connectivity index (χ3n) is 6.95. The van der Waals surface area contributed by atoms with Gasteiger partial charge in [-0.3, -0.25) is 0 Å². The molecule has 0 bridgehead atoms. The molecular weight excluding hydrogens is 661 g/mol. The minimum atomic E-state index is 0.639. The van der Waals surface area contributed by atoms with Gasteiger partial charge in [0.05, 0.1) is 15.5 Å². The number of aromatic nitrogens is 1. The number of azo groups is 2. The van der Waals surface area contributed by atoms with E-state index in [1.54, 1.807) is 11.3 Å². The molecule has 47 heavy (non-hydrogen) atoms. The van der Waals surface area contributed by atoms with Crippen molar-refractivity contribution in [1.29, 1.82) is 0 Å². The minimum absolute atomic E-state index is 0.639. The Morgan fingerprint density at radius 2 is 1.36 bits per heavy atom. The summed E-state index contributed by atoms with van der Waals surface area (Å²) in [6.07, 6.45) is 0. The Hall–Kier alpha value is -3.84. The van der Waals surface area contributed by atoms with E-state index in [4.69, 9.17) is 0 Å². The van der Waals surface area contributed by atoms with Gasteiger partial charge in [-0.1, -0.05) is 64.2 Å². The molecule has 0 saturated heterocycles. The summed E-state index contributed by atoms with van der Waals surface area (Å²) < 4.78 is 3.49. The first-order valence-corrected chi connectivity index (χ1v) is 19.2. The molecule has 1 aromatic heterocycles. The van der Waals surface area contributed by atoms with Crippen LogP contribution in [0, 0.1) is 0 Å². The van der Waals surface area contributed by atoms with E-state index in [1.165, 1.54) is 22.0 Å². The third kappa shape index (κ3) is 10.1. The van der Waals surface area contributed by atoms with Gasteiger partial charge in [-0.15, -0.1) is 5.11 Å². The van der Waals surface area contributed by atoms with Crippen molar-refractivity contribution in [2.24, 2.45) is 20.5 Å². The predicted molar refractivity (Wildman–Crippen MR) is 207 cm³/mol. The van der Waals surface area contributed by atoms with Crippen LogP contribution in [0.4, 0.5) is 33.6 Å². The van der Waals surface area contributed by atoms with Crippen molar-refractivity contribution in [3.63, 3.8) is 0 Å². The topological polar surface area (TPSA) is 71.8 Å². The molecule has 1 N–H and O–H groups in total. The van der Waals surface area contributed by atoms with Gasteiger partial charge in [0.25, 0.3) is 0 Å². The molecule has 0 spiro atoms. The van der Waals surface area contributed by atoms with Crippen LogP contribution in [0.25, 0.3) is 10.2 Å². The quantitative estimate of drug-likeness (QED) is 0.0363. The van der Waals surface area contributed by atoms with E-state index < -0.39 is 0 Å². The van der Waals surface area contributed by atoms with E-state index in [1.807, 2.05) is 98.3 Å². The number of thiazole rings is 1. The average molecular weight is 700 g/mol. The molecule has 242 valence electrons. The number of para-hydroxylation sites is 2. The molecular formula is C35H39N8S4+. The fourth-order valence-electron chi connectivity index (χ4n) is 4.49. The molecule has 0 aliphatic rings. The Morgan fingerprint density at radius 3 is 2.06 bits per heavy atom. The lowest BCUT2D eigenvalue weighted by atomic mass is 10.3. The van der Waals surface area contributed by atoms with Crippen molar-refractivity contribution < 1.29 is 4.57 Å². The van der Waals surface area contributed by atoms with Crippen molar-refractivity contribution in [3.8, 4) is 0 Å². The Kier molecular flexibility index (Phi) is 12.7. The lowest BCUT2D eigenvalue weighted by Crippen LogP contribution is -2.33. The first-order chi connectivity index (χ1) is 22.9. The summed E-state index contributed by atoms with van der Waals surface area (Å²) in [6, 6.07) is 32.8. The lowest BCUT2D eigenvalue weighted by molar-refractivity contribution is -0.650. The standard InChI is InChI=1S/C35H39N8S4/c1-26(37-38-27-14-18-29(19-15-27)41(2)3)46-33-12-8-6-10-31(33)36-22-24-44-45-25-23-43-32-11-7-9-13-34(32)47-35(43)40-39-28-16-20-30(21-17-28)42(4)5/h6-21,36H,1,22-25H2,2-5H3/q+1. The number of nitrogens with zero attached hydrogens (tertiary/aromatic N) is 7. The fraction of sp³-hybridized carbons (Fsp3) is 0.229. The molecule has 0 aliphatic carbocycles. The molecule has 0 fully saturated rings. The van der Waals surface area contributed by atoms with E-state index >= 15 is 0 Å². The van der Waals surface area contributed by atoms with Gasteiger partial charge in [-0.2, -0.15) is 5.11 Å². The largest absolute Gasteiger partial charge is 0.409 e. The van der Waals surface area contributed by atoms with E-state index in [0.29, 0.717) is 5.03 Å². The second-order valence-corrected chi connectivity index (χ2v) is 15.6. The first kappa shape index (κ1) is 34.5. The fourth-order valence-corrected chi connectivity index (χ4v) is 8.08. The summed E-state index contributed by atoms with van der Waals surface area (Å²) in [5, 5.41) is 23.0. The molecule has 0 saturated carbocycles. The van der Waals surface area contributed by atoms with Gasteiger partial charge < -0.3 is 15.1 Å². The summed E-state index contributed by atoms with van der Waals surface area (Å²) in [5.74, 6) is 1.93. The van der Waals surface area contributed by atoms with Crippen LogP contribution in [-0.4, -0.2) is 46.2 Å². The molecule has 0 radical (unpaired) electrons. The van der Waals surface area contributed by atoms with Gasteiger partial charge in [0.1, 0.15) is 22.8 Å². The van der Waals surface area contributed by atoms with Crippen molar-refractivity contribution in [2.75, 3.05) is 61.4 Å². The predicted octanol–water partition coefficient (Wildman–Crippen LogP) is 10.6. The number of aryl methyl sites for hydroxylation is 1. The van der Waals surface area contributed by atoms with Crippen LogP contribution in [0.2, 0.25) is 0 Å². The summed E-state index contributed by atoms with van der Waals surface area (Å²) in [7, 11) is 11.8. The maximum Gasteiger partial charge on any atom is 0.409 e. The Bertz CT molecular complexity index is 1820. The maximum absolute atomic E-state index is 4.66.